The Morgan fingerprint density at radius 3 is 2.25 bits per heavy atom. The molecular formula is C12H14IN3O4. The number of nitrogens with one attached hydrogen (secondary N) is 1. The van der Waals surface area contributed by atoms with Crippen molar-refractivity contribution in [3.05, 3.63) is 27.6 Å². The number of ether oxygens (including phenoxy) is 2. The number of esters is 2. The van der Waals surface area contributed by atoms with Crippen molar-refractivity contribution < 1.29 is 19.1 Å². The first kappa shape index (κ1) is 16.3. The lowest BCUT2D eigenvalue weighted by atomic mass is 10.3. The summed E-state index contributed by atoms with van der Waals surface area (Å²) < 4.78 is 10.3. The van der Waals surface area contributed by atoms with E-state index in [1.807, 2.05) is 22.6 Å². The average Bonchev–Trinajstić information content (AvgIpc) is 2.42. The van der Waals surface area contributed by atoms with Crippen molar-refractivity contribution in [2.75, 3.05) is 18.5 Å². The van der Waals surface area contributed by atoms with Crippen LogP contribution in [-0.2, 0) is 19.1 Å². The van der Waals surface area contributed by atoms with E-state index in [1.54, 1.807) is 26.0 Å². The Morgan fingerprint density at radius 1 is 1.20 bits per heavy atom. The van der Waals surface area contributed by atoms with Gasteiger partial charge in [0.15, 0.2) is 11.4 Å². The SMILES string of the molecule is CCOC(=O)C(=CNc1ccc(I)nn1)C(=O)OCC. The van der Waals surface area contributed by atoms with Crippen LogP contribution in [0.25, 0.3) is 0 Å². The highest BCUT2D eigenvalue weighted by molar-refractivity contribution is 14.1. The maximum absolute atomic E-state index is 11.7. The molecule has 0 aliphatic rings. The molecule has 1 rings (SSSR count). The van der Waals surface area contributed by atoms with Crippen LogP contribution >= 0.6 is 22.6 Å². The summed E-state index contributed by atoms with van der Waals surface area (Å²) in [7, 11) is 0. The summed E-state index contributed by atoms with van der Waals surface area (Å²) in [6.45, 7) is 3.63. The summed E-state index contributed by atoms with van der Waals surface area (Å²) in [5, 5.41) is 10.4. The number of aromatic nitrogens is 2. The Morgan fingerprint density at radius 2 is 1.80 bits per heavy atom. The van der Waals surface area contributed by atoms with Gasteiger partial charge >= 0.3 is 11.9 Å². The van der Waals surface area contributed by atoms with Gasteiger partial charge in [-0.2, -0.15) is 0 Å². The topological polar surface area (TPSA) is 90.4 Å². The van der Waals surface area contributed by atoms with Gasteiger partial charge in [-0.15, -0.1) is 10.2 Å². The minimum atomic E-state index is -0.753. The Balaban J connectivity index is 2.86. The van der Waals surface area contributed by atoms with Crippen LogP contribution < -0.4 is 5.32 Å². The smallest absolute Gasteiger partial charge is 0.347 e. The van der Waals surface area contributed by atoms with E-state index < -0.39 is 11.9 Å². The number of halogens is 1. The standard InChI is InChI=1S/C12H14IN3O4/c1-3-19-11(17)8(12(18)20-4-2)7-14-10-6-5-9(13)15-16-10/h5-7H,3-4H2,1-2H3,(H,14,16). The highest BCUT2D eigenvalue weighted by Crippen LogP contribution is 2.07. The van der Waals surface area contributed by atoms with Crippen LogP contribution in [-0.4, -0.2) is 35.3 Å². The zero-order valence-electron chi connectivity index (χ0n) is 11.1. The predicted octanol–water partition coefficient (Wildman–Crippen LogP) is 1.50. The summed E-state index contributed by atoms with van der Waals surface area (Å²) in [5.74, 6) is -1.11. The normalized spacial score (nSPS) is 9.55. The molecule has 0 bridgehead atoms. The molecule has 0 saturated heterocycles. The second kappa shape index (κ2) is 8.46. The largest absolute Gasteiger partial charge is 0.462 e. The van der Waals surface area contributed by atoms with Crippen LogP contribution in [0, 0.1) is 3.70 Å². The van der Waals surface area contributed by atoms with E-state index in [1.165, 1.54) is 6.20 Å². The van der Waals surface area contributed by atoms with Crippen LogP contribution in [0.1, 0.15) is 13.8 Å². The molecule has 0 aliphatic heterocycles. The summed E-state index contributed by atoms with van der Waals surface area (Å²) in [6.07, 6.45) is 1.20. The second-order valence-corrected chi connectivity index (χ2v) is 4.49. The summed E-state index contributed by atoms with van der Waals surface area (Å²) in [4.78, 5) is 23.3. The first-order valence-corrected chi connectivity index (χ1v) is 6.96. The molecule has 0 amide bonds. The van der Waals surface area contributed by atoms with Crippen LogP contribution in [0.15, 0.2) is 23.9 Å². The quantitative estimate of drug-likeness (QED) is 0.258. The average molecular weight is 391 g/mol. The summed E-state index contributed by atoms with van der Waals surface area (Å²) >= 11 is 2.02. The number of rotatable bonds is 6. The Hall–Kier alpha value is -1.71. The van der Waals surface area contributed by atoms with E-state index in [0.717, 1.165) is 3.70 Å². The van der Waals surface area contributed by atoms with Gasteiger partial charge in [-0.1, -0.05) is 0 Å². The van der Waals surface area contributed by atoms with Gasteiger partial charge in [0.2, 0.25) is 0 Å². The molecule has 1 heterocycles. The van der Waals surface area contributed by atoms with Crippen molar-refractivity contribution in [1.29, 1.82) is 0 Å². The third kappa shape index (κ3) is 5.11. The van der Waals surface area contributed by atoms with Crippen LogP contribution in [0.5, 0.6) is 0 Å². The second-order valence-electron chi connectivity index (χ2n) is 3.38. The molecule has 0 fully saturated rings. The van der Waals surface area contributed by atoms with E-state index in [2.05, 4.69) is 15.5 Å². The zero-order valence-corrected chi connectivity index (χ0v) is 13.2. The monoisotopic (exact) mass is 391 g/mol. The van der Waals surface area contributed by atoms with Gasteiger partial charge in [-0.05, 0) is 48.6 Å². The number of carbonyl (C=O) groups excluding carboxylic acids is 2. The van der Waals surface area contributed by atoms with Crippen molar-refractivity contribution in [2.45, 2.75) is 13.8 Å². The number of hydrogen-bond acceptors (Lipinski definition) is 7. The Labute approximate surface area is 129 Å². The van der Waals surface area contributed by atoms with E-state index >= 15 is 0 Å². The maximum Gasteiger partial charge on any atom is 0.347 e. The lowest BCUT2D eigenvalue weighted by molar-refractivity contribution is -0.146. The number of anilines is 1. The minimum absolute atomic E-state index is 0.166. The van der Waals surface area contributed by atoms with E-state index in [0.29, 0.717) is 5.82 Å². The summed E-state index contributed by atoms with van der Waals surface area (Å²) in [6, 6.07) is 3.40. The van der Waals surface area contributed by atoms with Crippen molar-refractivity contribution in [2.24, 2.45) is 0 Å². The Kier molecular flexibility index (Phi) is 6.91. The fraction of sp³-hybridized carbons (Fsp3) is 0.333. The molecule has 0 radical (unpaired) electrons. The molecule has 0 spiro atoms. The molecule has 8 heteroatoms. The summed E-state index contributed by atoms with van der Waals surface area (Å²) in [5.41, 5.74) is -0.228. The first-order valence-electron chi connectivity index (χ1n) is 5.88. The lowest BCUT2D eigenvalue weighted by Gasteiger charge is -2.07. The van der Waals surface area contributed by atoms with Crippen LogP contribution in [0.4, 0.5) is 5.82 Å². The fourth-order valence-electron chi connectivity index (χ4n) is 1.16. The molecule has 108 valence electrons. The molecule has 0 unspecified atom stereocenters. The lowest BCUT2D eigenvalue weighted by Crippen LogP contribution is -2.19. The van der Waals surface area contributed by atoms with Gasteiger partial charge in [0, 0.05) is 6.20 Å². The van der Waals surface area contributed by atoms with Gasteiger partial charge < -0.3 is 14.8 Å². The minimum Gasteiger partial charge on any atom is -0.462 e. The fourth-order valence-corrected chi connectivity index (χ4v) is 1.45. The van der Waals surface area contributed by atoms with Crippen molar-refractivity contribution >= 4 is 40.3 Å². The molecule has 7 nitrogen and oxygen atoms in total. The third-order valence-corrected chi connectivity index (χ3v) is 2.56. The molecule has 1 N–H and O–H groups in total. The predicted molar refractivity (Wildman–Crippen MR) is 79.7 cm³/mol. The molecule has 0 aliphatic carbocycles. The van der Waals surface area contributed by atoms with Gasteiger partial charge in [-0.3, -0.25) is 0 Å². The first-order chi connectivity index (χ1) is 9.58. The molecule has 20 heavy (non-hydrogen) atoms. The molecule has 0 atom stereocenters. The van der Waals surface area contributed by atoms with Crippen LogP contribution in [0.3, 0.4) is 0 Å². The molecule has 1 aromatic rings. The van der Waals surface area contributed by atoms with E-state index in [9.17, 15) is 9.59 Å². The van der Waals surface area contributed by atoms with Gasteiger partial charge in [-0.25, -0.2) is 9.59 Å². The maximum atomic E-state index is 11.7. The highest BCUT2D eigenvalue weighted by Gasteiger charge is 2.20. The molecule has 0 aromatic carbocycles. The molecular weight excluding hydrogens is 377 g/mol. The van der Waals surface area contributed by atoms with E-state index in [-0.39, 0.29) is 18.8 Å². The van der Waals surface area contributed by atoms with Crippen molar-refractivity contribution in [3.63, 3.8) is 0 Å². The molecule has 1 aromatic heterocycles. The van der Waals surface area contributed by atoms with Crippen LogP contribution in [0.2, 0.25) is 0 Å². The van der Waals surface area contributed by atoms with Crippen molar-refractivity contribution in [1.82, 2.24) is 10.2 Å². The number of hydrogen-bond donors (Lipinski definition) is 1. The van der Waals surface area contributed by atoms with Gasteiger partial charge in [0.05, 0.1) is 13.2 Å². The van der Waals surface area contributed by atoms with Gasteiger partial charge in [0.25, 0.3) is 0 Å². The zero-order chi connectivity index (χ0) is 15.0. The van der Waals surface area contributed by atoms with E-state index in [4.69, 9.17) is 9.47 Å². The third-order valence-electron chi connectivity index (χ3n) is 1.99. The van der Waals surface area contributed by atoms with Crippen molar-refractivity contribution in [3.8, 4) is 0 Å². The highest BCUT2D eigenvalue weighted by atomic mass is 127. The number of carbonyl (C=O) groups is 2. The molecule has 0 saturated carbocycles. The Bertz CT molecular complexity index is 482. The number of nitrogens with zero attached hydrogens (tertiary/aromatic N) is 2. The van der Waals surface area contributed by atoms with Gasteiger partial charge in [0.1, 0.15) is 3.70 Å².